The van der Waals surface area contributed by atoms with Crippen LogP contribution in [0.5, 0.6) is 0 Å². The fourth-order valence-corrected chi connectivity index (χ4v) is 6.29. The SMILES string of the molecule is C[C@@]1(Cn2cc(C(N)=O)nn2)S[C@H]2CC(=O)N2[C@H]1C(=O)OC(c1ccccc1)c1ccccc1. The fraction of sp³-hybridized carbons (Fsp3) is 0.292. The van der Waals surface area contributed by atoms with Crippen LogP contribution in [0, 0.1) is 0 Å². The molecule has 0 unspecified atom stereocenters. The summed E-state index contributed by atoms with van der Waals surface area (Å²) in [7, 11) is 0. The smallest absolute Gasteiger partial charge is 0.331 e. The number of hydrogen-bond acceptors (Lipinski definition) is 7. The Morgan fingerprint density at radius 3 is 2.29 bits per heavy atom. The number of nitrogens with zero attached hydrogens (tertiary/aromatic N) is 4. The molecule has 0 spiro atoms. The summed E-state index contributed by atoms with van der Waals surface area (Å²) in [6, 6.07) is 18.2. The van der Waals surface area contributed by atoms with Crippen LogP contribution in [-0.4, -0.2) is 53.8 Å². The second-order valence-electron chi connectivity index (χ2n) is 8.60. The maximum Gasteiger partial charge on any atom is 0.331 e. The van der Waals surface area contributed by atoms with E-state index < -0.39 is 28.8 Å². The number of carbonyl (C=O) groups is 3. The minimum atomic E-state index is -0.820. The lowest BCUT2D eigenvalue weighted by molar-refractivity contribution is -0.164. The van der Waals surface area contributed by atoms with Crippen molar-refractivity contribution in [3.63, 3.8) is 0 Å². The molecule has 0 saturated carbocycles. The zero-order chi connectivity index (χ0) is 23.9. The predicted molar refractivity (Wildman–Crippen MR) is 124 cm³/mol. The zero-order valence-electron chi connectivity index (χ0n) is 18.4. The first kappa shape index (κ1) is 22.1. The van der Waals surface area contributed by atoms with Crippen molar-refractivity contribution in [2.45, 2.75) is 42.2 Å². The van der Waals surface area contributed by atoms with E-state index in [4.69, 9.17) is 10.5 Å². The number of β-lactam (4-membered cyclic amide) rings is 1. The van der Waals surface area contributed by atoms with E-state index in [2.05, 4.69) is 10.3 Å². The van der Waals surface area contributed by atoms with E-state index in [-0.39, 0.29) is 23.5 Å². The van der Waals surface area contributed by atoms with Gasteiger partial charge in [0.2, 0.25) is 5.91 Å². The van der Waals surface area contributed by atoms with Crippen molar-refractivity contribution in [1.82, 2.24) is 19.9 Å². The van der Waals surface area contributed by atoms with Gasteiger partial charge in [-0.15, -0.1) is 16.9 Å². The topological polar surface area (TPSA) is 120 Å². The van der Waals surface area contributed by atoms with Crippen molar-refractivity contribution in [2.24, 2.45) is 5.73 Å². The largest absolute Gasteiger partial charge is 0.451 e. The molecule has 2 N–H and O–H groups in total. The van der Waals surface area contributed by atoms with Gasteiger partial charge in [0.25, 0.3) is 5.91 Å². The first-order chi connectivity index (χ1) is 16.4. The van der Waals surface area contributed by atoms with E-state index in [0.29, 0.717) is 6.42 Å². The molecule has 3 aromatic rings. The number of esters is 1. The molecule has 3 heterocycles. The molecule has 0 radical (unpaired) electrons. The van der Waals surface area contributed by atoms with E-state index in [0.717, 1.165) is 11.1 Å². The maximum atomic E-state index is 13.7. The molecule has 9 nitrogen and oxygen atoms in total. The quantitative estimate of drug-likeness (QED) is 0.409. The van der Waals surface area contributed by atoms with Crippen molar-refractivity contribution in [2.75, 3.05) is 0 Å². The van der Waals surface area contributed by atoms with Gasteiger partial charge in [0.1, 0.15) is 6.04 Å². The third kappa shape index (κ3) is 3.94. The summed E-state index contributed by atoms with van der Waals surface area (Å²) < 4.78 is 6.86. The zero-order valence-corrected chi connectivity index (χ0v) is 19.2. The molecule has 1 aromatic heterocycles. The molecule has 3 atom stereocenters. The van der Waals surface area contributed by atoms with Crippen LogP contribution in [-0.2, 0) is 20.9 Å². The Hall–Kier alpha value is -3.66. The molecule has 0 aliphatic carbocycles. The van der Waals surface area contributed by atoms with Crippen LogP contribution < -0.4 is 5.73 Å². The Balaban J connectivity index is 1.45. The highest BCUT2D eigenvalue weighted by molar-refractivity contribution is 8.01. The maximum absolute atomic E-state index is 13.7. The average molecular weight is 478 g/mol. The molecule has 2 aliphatic rings. The van der Waals surface area contributed by atoms with Crippen LogP contribution in [0.1, 0.15) is 41.1 Å². The van der Waals surface area contributed by atoms with E-state index in [9.17, 15) is 14.4 Å². The molecule has 5 rings (SSSR count). The lowest BCUT2D eigenvalue weighted by atomic mass is 9.95. The molecule has 34 heavy (non-hydrogen) atoms. The minimum Gasteiger partial charge on any atom is -0.451 e. The molecule has 2 saturated heterocycles. The Labute approximate surface area is 200 Å². The summed E-state index contributed by atoms with van der Waals surface area (Å²) in [5.74, 6) is -1.26. The fourth-order valence-electron chi connectivity index (χ4n) is 4.54. The van der Waals surface area contributed by atoms with E-state index in [1.165, 1.54) is 22.6 Å². The van der Waals surface area contributed by atoms with E-state index in [1.54, 1.807) is 4.90 Å². The monoisotopic (exact) mass is 477 g/mol. The third-order valence-corrected chi connectivity index (χ3v) is 7.69. The summed E-state index contributed by atoms with van der Waals surface area (Å²) in [5, 5.41) is 7.66. The van der Waals surface area contributed by atoms with Gasteiger partial charge >= 0.3 is 5.97 Å². The first-order valence-electron chi connectivity index (χ1n) is 10.8. The number of amides is 2. The van der Waals surface area contributed by atoms with Crippen molar-refractivity contribution < 1.29 is 19.1 Å². The van der Waals surface area contributed by atoms with Crippen molar-refractivity contribution in [3.8, 4) is 0 Å². The van der Waals surface area contributed by atoms with Crippen LogP contribution >= 0.6 is 11.8 Å². The predicted octanol–water partition coefficient (Wildman–Crippen LogP) is 2.14. The highest BCUT2D eigenvalue weighted by Crippen LogP contribution is 2.52. The first-order valence-corrected chi connectivity index (χ1v) is 11.7. The standard InChI is InChI=1S/C24H23N5O4S/c1-24(14-28-13-17(22(25)31)26-27-28)21(29-18(30)12-19(29)34-24)23(32)33-20(15-8-4-2-5-9-15)16-10-6-3-7-11-16/h2-11,13,19-21H,12,14H2,1H3,(H2,25,31)/t19-,21-,24-/m0/s1. The summed E-state index contributed by atoms with van der Waals surface area (Å²) in [5.41, 5.74) is 7.01. The summed E-state index contributed by atoms with van der Waals surface area (Å²) in [6.45, 7) is 2.15. The molecule has 0 bridgehead atoms. The number of fused-ring (bicyclic) bond motifs is 1. The van der Waals surface area contributed by atoms with Gasteiger partial charge in [0.15, 0.2) is 11.8 Å². The molecule has 2 aliphatic heterocycles. The van der Waals surface area contributed by atoms with Crippen LogP contribution in [0.15, 0.2) is 66.9 Å². The van der Waals surface area contributed by atoms with Gasteiger partial charge in [-0.1, -0.05) is 65.9 Å². The Morgan fingerprint density at radius 2 is 1.76 bits per heavy atom. The van der Waals surface area contributed by atoms with E-state index in [1.807, 2.05) is 67.6 Å². The van der Waals surface area contributed by atoms with E-state index >= 15 is 0 Å². The highest BCUT2D eigenvalue weighted by Gasteiger charge is 2.61. The molecular weight excluding hydrogens is 454 g/mol. The summed E-state index contributed by atoms with van der Waals surface area (Å²) >= 11 is 1.53. The number of nitrogens with two attached hydrogens (primary N) is 1. The molecule has 2 aromatic carbocycles. The van der Waals surface area contributed by atoms with Gasteiger partial charge < -0.3 is 15.4 Å². The summed E-state index contributed by atoms with van der Waals surface area (Å²) in [4.78, 5) is 39.2. The normalized spacial score (nSPS) is 23.5. The lowest BCUT2D eigenvalue weighted by Crippen LogP contribution is -2.58. The number of ether oxygens (including phenoxy) is 1. The van der Waals surface area contributed by atoms with Crippen LogP contribution in [0.25, 0.3) is 0 Å². The average Bonchev–Trinajstić information content (AvgIpc) is 3.38. The molecule has 2 amide bonds. The Morgan fingerprint density at radius 1 is 1.15 bits per heavy atom. The van der Waals surface area contributed by atoms with Crippen LogP contribution in [0.3, 0.4) is 0 Å². The molecule has 174 valence electrons. The molecule has 2 fully saturated rings. The molecule has 10 heteroatoms. The number of primary amides is 1. The highest BCUT2D eigenvalue weighted by atomic mass is 32.2. The van der Waals surface area contributed by atoms with Gasteiger partial charge in [-0.3, -0.25) is 14.3 Å². The van der Waals surface area contributed by atoms with Crippen molar-refractivity contribution in [1.29, 1.82) is 0 Å². The third-order valence-electron chi connectivity index (χ3n) is 6.14. The van der Waals surface area contributed by atoms with Gasteiger partial charge in [-0.25, -0.2) is 4.79 Å². The lowest BCUT2D eigenvalue weighted by Gasteiger charge is -2.38. The summed E-state index contributed by atoms with van der Waals surface area (Å²) in [6.07, 6.45) is 1.20. The van der Waals surface area contributed by atoms with Crippen molar-refractivity contribution >= 4 is 29.5 Å². The second-order valence-corrected chi connectivity index (χ2v) is 10.3. The Kier molecular flexibility index (Phi) is 5.60. The number of benzene rings is 2. The van der Waals surface area contributed by atoms with Crippen LogP contribution in [0.2, 0.25) is 0 Å². The van der Waals surface area contributed by atoms with Crippen LogP contribution in [0.4, 0.5) is 0 Å². The number of thioether (sulfide) groups is 1. The van der Waals surface area contributed by atoms with Gasteiger partial charge in [0.05, 0.1) is 29.3 Å². The number of hydrogen-bond donors (Lipinski definition) is 1. The van der Waals surface area contributed by atoms with Gasteiger partial charge in [-0.05, 0) is 18.1 Å². The van der Waals surface area contributed by atoms with Crippen molar-refractivity contribution in [3.05, 3.63) is 83.7 Å². The number of carbonyl (C=O) groups excluding carboxylic acids is 3. The minimum absolute atomic E-state index is 0.0401. The van der Waals surface area contributed by atoms with Gasteiger partial charge in [0, 0.05) is 0 Å². The second kappa shape index (κ2) is 8.60. The number of rotatable bonds is 7. The Bertz CT molecular complexity index is 1190. The molecular formula is C24H23N5O4S. The number of aromatic nitrogens is 3. The van der Waals surface area contributed by atoms with Gasteiger partial charge in [-0.2, -0.15) is 0 Å².